The van der Waals surface area contributed by atoms with Crippen molar-refractivity contribution < 1.29 is 14.2 Å². The minimum Gasteiger partial charge on any atom is -0.490 e. The minimum atomic E-state index is 0.0637. The second-order valence-electron chi connectivity index (χ2n) is 6.66. The third-order valence-electron chi connectivity index (χ3n) is 4.17. The number of benzene rings is 3. The molecule has 4 nitrogen and oxygen atoms in total. The van der Waals surface area contributed by atoms with Crippen molar-refractivity contribution in [3.8, 4) is 17.2 Å². The van der Waals surface area contributed by atoms with Crippen molar-refractivity contribution in [2.75, 3.05) is 25.1 Å². The molecule has 1 atom stereocenters. The summed E-state index contributed by atoms with van der Waals surface area (Å²) in [5.74, 6) is 2.57. The van der Waals surface area contributed by atoms with Crippen molar-refractivity contribution in [2.45, 2.75) is 20.0 Å². The highest BCUT2D eigenvalue weighted by molar-refractivity contribution is 5.46. The van der Waals surface area contributed by atoms with Crippen molar-refractivity contribution in [3.63, 3.8) is 0 Å². The predicted molar refractivity (Wildman–Crippen MR) is 114 cm³/mol. The van der Waals surface area contributed by atoms with Gasteiger partial charge < -0.3 is 19.5 Å². The van der Waals surface area contributed by atoms with Gasteiger partial charge in [-0.1, -0.05) is 35.9 Å². The number of rotatable bonds is 10. The Hall–Kier alpha value is -3.14. The van der Waals surface area contributed by atoms with Gasteiger partial charge in [0.25, 0.3) is 0 Å². The van der Waals surface area contributed by atoms with E-state index in [0.717, 1.165) is 29.5 Å². The summed E-state index contributed by atoms with van der Waals surface area (Å²) in [5, 5.41) is 3.39. The molecule has 0 aromatic heterocycles. The van der Waals surface area contributed by atoms with Crippen molar-refractivity contribution >= 4 is 5.69 Å². The van der Waals surface area contributed by atoms with E-state index in [1.807, 2.05) is 66.7 Å². The molecule has 0 spiro atoms. The highest BCUT2D eigenvalue weighted by Gasteiger charge is 2.04. The standard InChI is InChI=1S/C24H27NO3/c1-19-8-12-24(13-9-19)28-20(2)18-25-21-10-14-23(15-11-21)27-17-16-26-22-6-4-3-5-7-22/h3-15,20,25H,16-18H2,1-2H3. The van der Waals surface area contributed by atoms with E-state index in [1.54, 1.807) is 0 Å². The Kier molecular flexibility index (Phi) is 7.19. The van der Waals surface area contributed by atoms with Crippen molar-refractivity contribution in [1.29, 1.82) is 0 Å². The Bertz CT molecular complexity index is 817. The summed E-state index contributed by atoms with van der Waals surface area (Å²) in [6.45, 7) is 5.86. The molecule has 0 heterocycles. The molecule has 3 rings (SSSR count). The summed E-state index contributed by atoms with van der Waals surface area (Å²) >= 11 is 0. The third-order valence-corrected chi connectivity index (χ3v) is 4.17. The zero-order valence-corrected chi connectivity index (χ0v) is 16.4. The average molecular weight is 377 g/mol. The van der Waals surface area contributed by atoms with E-state index in [-0.39, 0.29) is 6.10 Å². The van der Waals surface area contributed by atoms with Crippen LogP contribution in [-0.2, 0) is 0 Å². The first kappa shape index (κ1) is 19.6. The number of para-hydroxylation sites is 1. The molecule has 0 aliphatic heterocycles. The van der Waals surface area contributed by atoms with Crippen LogP contribution in [0.3, 0.4) is 0 Å². The molecule has 0 saturated heterocycles. The van der Waals surface area contributed by atoms with E-state index >= 15 is 0 Å². The smallest absolute Gasteiger partial charge is 0.122 e. The zero-order valence-electron chi connectivity index (χ0n) is 16.4. The van der Waals surface area contributed by atoms with Crippen LogP contribution in [-0.4, -0.2) is 25.9 Å². The second-order valence-corrected chi connectivity index (χ2v) is 6.66. The maximum absolute atomic E-state index is 5.92. The predicted octanol–water partition coefficient (Wildman–Crippen LogP) is 5.33. The van der Waals surface area contributed by atoms with Gasteiger partial charge in [0.05, 0.1) is 6.54 Å². The fraction of sp³-hybridized carbons (Fsp3) is 0.250. The number of nitrogens with one attached hydrogen (secondary N) is 1. The van der Waals surface area contributed by atoms with E-state index in [0.29, 0.717) is 13.2 Å². The monoisotopic (exact) mass is 377 g/mol. The van der Waals surface area contributed by atoms with Crippen LogP contribution in [0.5, 0.6) is 17.2 Å². The number of anilines is 1. The molecular formula is C24H27NO3. The van der Waals surface area contributed by atoms with Gasteiger partial charge in [0, 0.05) is 5.69 Å². The molecule has 28 heavy (non-hydrogen) atoms. The van der Waals surface area contributed by atoms with Crippen LogP contribution in [0.2, 0.25) is 0 Å². The van der Waals surface area contributed by atoms with Crippen LogP contribution in [0, 0.1) is 6.92 Å². The molecule has 0 amide bonds. The topological polar surface area (TPSA) is 39.7 Å². The Morgan fingerprint density at radius 2 is 1.29 bits per heavy atom. The van der Waals surface area contributed by atoms with Gasteiger partial charge in [-0.05, 0) is 62.4 Å². The van der Waals surface area contributed by atoms with Gasteiger partial charge >= 0.3 is 0 Å². The molecule has 0 bridgehead atoms. The molecule has 0 radical (unpaired) electrons. The van der Waals surface area contributed by atoms with E-state index in [4.69, 9.17) is 14.2 Å². The van der Waals surface area contributed by atoms with Gasteiger partial charge in [0.15, 0.2) is 0 Å². The first-order valence-electron chi connectivity index (χ1n) is 9.57. The van der Waals surface area contributed by atoms with Crippen LogP contribution in [0.15, 0.2) is 78.9 Å². The Labute approximate surface area is 167 Å². The number of ether oxygens (including phenoxy) is 3. The number of hydrogen-bond donors (Lipinski definition) is 1. The SMILES string of the molecule is Cc1ccc(OC(C)CNc2ccc(OCCOc3ccccc3)cc2)cc1. The van der Waals surface area contributed by atoms with E-state index in [2.05, 4.69) is 31.3 Å². The van der Waals surface area contributed by atoms with Gasteiger partial charge in [-0.25, -0.2) is 0 Å². The Morgan fingerprint density at radius 3 is 1.93 bits per heavy atom. The lowest BCUT2D eigenvalue weighted by atomic mass is 10.2. The van der Waals surface area contributed by atoms with Gasteiger partial charge in [-0.15, -0.1) is 0 Å². The maximum atomic E-state index is 5.92. The molecule has 0 aliphatic carbocycles. The molecule has 0 fully saturated rings. The quantitative estimate of drug-likeness (QED) is 0.485. The summed E-state index contributed by atoms with van der Waals surface area (Å²) in [5.41, 5.74) is 2.26. The third kappa shape index (κ3) is 6.54. The summed E-state index contributed by atoms with van der Waals surface area (Å²) in [4.78, 5) is 0. The van der Waals surface area contributed by atoms with Crippen LogP contribution in [0.4, 0.5) is 5.69 Å². The molecule has 3 aromatic rings. The highest BCUT2D eigenvalue weighted by Crippen LogP contribution is 2.17. The summed E-state index contributed by atoms with van der Waals surface area (Å²) < 4.78 is 17.3. The Morgan fingerprint density at radius 1 is 0.714 bits per heavy atom. The van der Waals surface area contributed by atoms with Gasteiger partial charge in [0.2, 0.25) is 0 Å². The lowest BCUT2D eigenvalue weighted by Gasteiger charge is -2.16. The zero-order chi connectivity index (χ0) is 19.6. The molecule has 4 heteroatoms. The van der Waals surface area contributed by atoms with E-state index in [9.17, 15) is 0 Å². The van der Waals surface area contributed by atoms with Crippen LogP contribution < -0.4 is 19.5 Å². The molecule has 3 aromatic carbocycles. The van der Waals surface area contributed by atoms with Gasteiger partial charge in [-0.2, -0.15) is 0 Å². The minimum absolute atomic E-state index is 0.0637. The first-order valence-corrected chi connectivity index (χ1v) is 9.57. The Balaban J connectivity index is 1.36. The average Bonchev–Trinajstić information content (AvgIpc) is 2.73. The van der Waals surface area contributed by atoms with Crippen LogP contribution >= 0.6 is 0 Å². The number of hydrogen-bond acceptors (Lipinski definition) is 4. The molecule has 146 valence electrons. The fourth-order valence-electron chi connectivity index (χ4n) is 2.66. The van der Waals surface area contributed by atoms with Crippen molar-refractivity contribution in [2.24, 2.45) is 0 Å². The van der Waals surface area contributed by atoms with Crippen molar-refractivity contribution in [3.05, 3.63) is 84.4 Å². The second kappa shape index (κ2) is 10.3. The van der Waals surface area contributed by atoms with Crippen LogP contribution in [0.1, 0.15) is 12.5 Å². The highest BCUT2D eigenvalue weighted by atomic mass is 16.5. The molecule has 1 unspecified atom stereocenters. The van der Waals surface area contributed by atoms with Crippen LogP contribution in [0.25, 0.3) is 0 Å². The summed E-state index contributed by atoms with van der Waals surface area (Å²) in [7, 11) is 0. The number of aryl methyl sites for hydroxylation is 1. The van der Waals surface area contributed by atoms with Crippen molar-refractivity contribution in [1.82, 2.24) is 0 Å². The lowest BCUT2D eigenvalue weighted by Crippen LogP contribution is -2.22. The molecule has 0 aliphatic rings. The maximum Gasteiger partial charge on any atom is 0.122 e. The molecular weight excluding hydrogens is 350 g/mol. The first-order chi connectivity index (χ1) is 13.7. The van der Waals surface area contributed by atoms with Gasteiger partial charge in [-0.3, -0.25) is 0 Å². The van der Waals surface area contributed by atoms with E-state index < -0.39 is 0 Å². The largest absolute Gasteiger partial charge is 0.490 e. The summed E-state index contributed by atoms with van der Waals surface area (Å²) in [6, 6.07) is 25.8. The summed E-state index contributed by atoms with van der Waals surface area (Å²) in [6.07, 6.45) is 0.0637. The van der Waals surface area contributed by atoms with Gasteiger partial charge in [0.1, 0.15) is 36.6 Å². The molecule has 1 N–H and O–H groups in total. The molecule has 0 saturated carbocycles. The fourth-order valence-corrected chi connectivity index (χ4v) is 2.66. The normalized spacial score (nSPS) is 11.5. The lowest BCUT2D eigenvalue weighted by molar-refractivity contribution is 0.217. The van der Waals surface area contributed by atoms with E-state index in [1.165, 1.54) is 5.56 Å².